The molecule has 3 amide bonds. The number of urea groups is 1. The Balaban J connectivity index is 1.76. The molecule has 0 unspecified atom stereocenters. The van der Waals surface area contributed by atoms with E-state index in [0.29, 0.717) is 13.1 Å². The predicted octanol–water partition coefficient (Wildman–Crippen LogP) is 2.40. The number of amides is 3. The lowest BCUT2D eigenvalue weighted by Gasteiger charge is -2.25. The van der Waals surface area contributed by atoms with Gasteiger partial charge in [-0.25, -0.2) is 9.59 Å². The van der Waals surface area contributed by atoms with Crippen molar-refractivity contribution >= 4 is 12.1 Å². The van der Waals surface area contributed by atoms with Crippen LogP contribution < -0.4 is 10.6 Å². The summed E-state index contributed by atoms with van der Waals surface area (Å²) in [5.41, 5.74) is 0.625. The number of aromatic nitrogens is 1. The van der Waals surface area contributed by atoms with Crippen molar-refractivity contribution in [2.24, 2.45) is 7.05 Å². The molecule has 1 aromatic heterocycles. The summed E-state index contributed by atoms with van der Waals surface area (Å²) < 4.78 is 7.20. The third-order valence-corrected chi connectivity index (χ3v) is 3.91. The average molecular weight is 336 g/mol. The van der Waals surface area contributed by atoms with Crippen LogP contribution in [0.25, 0.3) is 0 Å². The van der Waals surface area contributed by atoms with Crippen LogP contribution in [-0.2, 0) is 11.8 Å². The zero-order valence-corrected chi connectivity index (χ0v) is 15.0. The Kier molecular flexibility index (Phi) is 5.75. The Morgan fingerprint density at radius 2 is 2.00 bits per heavy atom. The van der Waals surface area contributed by atoms with E-state index in [-0.39, 0.29) is 12.1 Å². The first-order chi connectivity index (χ1) is 11.3. The van der Waals surface area contributed by atoms with Gasteiger partial charge in [0.1, 0.15) is 5.60 Å². The van der Waals surface area contributed by atoms with Gasteiger partial charge in [0.2, 0.25) is 0 Å². The second kappa shape index (κ2) is 7.59. The zero-order chi connectivity index (χ0) is 17.7. The highest BCUT2D eigenvalue weighted by atomic mass is 16.6. The highest BCUT2D eigenvalue weighted by Crippen LogP contribution is 2.31. The van der Waals surface area contributed by atoms with Crippen LogP contribution in [0.4, 0.5) is 9.59 Å². The quantitative estimate of drug-likeness (QED) is 0.829. The van der Waals surface area contributed by atoms with E-state index in [1.807, 2.05) is 45.0 Å². The molecule has 0 aromatic carbocycles. The van der Waals surface area contributed by atoms with Crippen LogP contribution in [0.2, 0.25) is 0 Å². The van der Waals surface area contributed by atoms with Gasteiger partial charge in [-0.05, 0) is 45.7 Å². The van der Waals surface area contributed by atoms with Crippen molar-refractivity contribution in [2.75, 3.05) is 19.6 Å². The molecule has 24 heavy (non-hydrogen) atoms. The first-order valence-corrected chi connectivity index (χ1v) is 8.40. The first kappa shape index (κ1) is 18.2. The second-order valence-electron chi connectivity index (χ2n) is 7.06. The summed E-state index contributed by atoms with van der Waals surface area (Å²) in [6, 6.07) is 4.07. The fourth-order valence-electron chi connectivity index (χ4n) is 2.89. The minimum atomic E-state index is -0.523. The molecule has 1 fully saturated rings. The van der Waals surface area contributed by atoms with E-state index in [1.165, 1.54) is 0 Å². The van der Waals surface area contributed by atoms with Crippen molar-refractivity contribution in [3.05, 3.63) is 24.0 Å². The van der Waals surface area contributed by atoms with Gasteiger partial charge < -0.3 is 24.8 Å². The lowest BCUT2D eigenvalue weighted by atomic mass is 10.1. The molecule has 1 saturated heterocycles. The third kappa shape index (κ3) is 4.91. The van der Waals surface area contributed by atoms with Gasteiger partial charge in [-0.1, -0.05) is 0 Å². The standard InChI is InChI=1S/C17H28N4O3/c1-17(2,3)24-16(23)19-10-9-18-15(22)21-12-6-8-14(21)13-7-5-11-20(13)4/h5,7,11,14H,6,8-10,12H2,1-4H3,(H,18,22)(H,19,23)/t14-/m1/s1. The maximum Gasteiger partial charge on any atom is 0.407 e. The van der Waals surface area contributed by atoms with E-state index < -0.39 is 11.7 Å². The number of rotatable bonds is 4. The van der Waals surface area contributed by atoms with Crippen molar-refractivity contribution in [1.29, 1.82) is 0 Å². The molecule has 1 aliphatic heterocycles. The monoisotopic (exact) mass is 336 g/mol. The largest absolute Gasteiger partial charge is 0.444 e. The summed E-state index contributed by atoms with van der Waals surface area (Å²) in [7, 11) is 1.99. The summed E-state index contributed by atoms with van der Waals surface area (Å²) in [6.45, 7) is 6.89. The molecule has 2 heterocycles. The van der Waals surface area contributed by atoms with Crippen molar-refractivity contribution < 1.29 is 14.3 Å². The molecule has 2 rings (SSSR count). The highest BCUT2D eigenvalue weighted by molar-refractivity contribution is 5.75. The van der Waals surface area contributed by atoms with Crippen LogP contribution in [0, 0.1) is 0 Å². The average Bonchev–Trinajstić information content (AvgIpc) is 3.09. The number of aryl methyl sites for hydroxylation is 1. The number of nitrogens with one attached hydrogen (secondary N) is 2. The Morgan fingerprint density at radius 1 is 1.29 bits per heavy atom. The van der Waals surface area contributed by atoms with Gasteiger partial charge >= 0.3 is 12.1 Å². The molecule has 134 valence electrons. The van der Waals surface area contributed by atoms with E-state index in [4.69, 9.17) is 4.74 Å². The number of likely N-dealkylation sites (tertiary alicyclic amines) is 1. The van der Waals surface area contributed by atoms with Crippen molar-refractivity contribution in [3.63, 3.8) is 0 Å². The van der Waals surface area contributed by atoms with Crippen LogP contribution in [0.3, 0.4) is 0 Å². The molecule has 7 heteroatoms. The van der Waals surface area contributed by atoms with Crippen LogP contribution in [-0.4, -0.2) is 46.8 Å². The van der Waals surface area contributed by atoms with Gasteiger partial charge in [0.25, 0.3) is 0 Å². The minimum Gasteiger partial charge on any atom is -0.444 e. The van der Waals surface area contributed by atoms with E-state index >= 15 is 0 Å². The zero-order valence-electron chi connectivity index (χ0n) is 15.0. The number of alkyl carbamates (subject to hydrolysis) is 1. The second-order valence-corrected chi connectivity index (χ2v) is 7.06. The van der Waals surface area contributed by atoms with Crippen LogP contribution in [0.5, 0.6) is 0 Å². The van der Waals surface area contributed by atoms with E-state index in [2.05, 4.69) is 21.3 Å². The number of ether oxygens (including phenoxy) is 1. The number of carbonyl (C=O) groups excluding carboxylic acids is 2. The molecule has 1 aromatic rings. The van der Waals surface area contributed by atoms with E-state index in [9.17, 15) is 9.59 Å². The Bertz CT molecular complexity index is 577. The van der Waals surface area contributed by atoms with Crippen LogP contribution in [0.15, 0.2) is 18.3 Å². The van der Waals surface area contributed by atoms with Gasteiger partial charge in [-0.3, -0.25) is 0 Å². The number of carbonyl (C=O) groups is 2. The molecule has 1 aliphatic rings. The molecular formula is C17H28N4O3. The summed E-state index contributed by atoms with van der Waals surface area (Å²) >= 11 is 0. The van der Waals surface area contributed by atoms with E-state index in [1.54, 1.807) is 0 Å². The molecular weight excluding hydrogens is 308 g/mol. The summed E-state index contributed by atoms with van der Waals surface area (Å²) in [6.07, 6.45) is 3.50. The third-order valence-electron chi connectivity index (χ3n) is 3.91. The molecule has 0 spiro atoms. The maximum atomic E-state index is 12.4. The molecule has 2 N–H and O–H groups in total. The van der Waals surface area contributed by atoms with Gasteiger partial charge in [0.05, 0.1) is 6.04 Å². The smallest absolute Gasteiger partial charge is 0.407 e. The summed E-state index contributed by atoms with van der Waals surface area (Å²) in [5, 5.41) is 5.50. The maximum absolute atomic E-state index is 12.4. The fraction of sp³-hybridized carbons (Fsp3) is 0.647. The molecule has 1 atom stereocenters. The lowest BCUT2D eigenvalue weighted by Crippen LogP contribution is -2.43. The fourth-order valence-corrected chi connectivity index (χ4v) is 2.89. The normalized spacial score (nSPS) is 17.7. The topological polar surface area (TPSA) is 75.6 Å². The Morgan fingerprint density at radius 3 is 2.62 bits per heavy atom. The number of nitrogens with zero attached hydrogens (tertiary/aromatic N) is 2. The van der Waals surface area contributed by atoms with Crippen LogP contribution >= 0.6 is 0 Å². The highest BCUT2D eigenvalue weighted by Gasteiger charge is 2.31. The Labute approximate surface area is 143 Å². The summed E-state index contributed by atoms with van der Waals surface area (Å²) in [5.74, 6) is 0. The Hall–Kier alpha value is -2.18. The molecule has 7 nitrogen and oxygen atoms in total. The molecule has 0 bridgehead atoms. The van der Waals surface area contributed by atoms with Gasteiger partial charge in [0, 0.05) is 38.6 Å². The van der Waals surface area contributed by atoms with E-state index in [0.717, 1.165) is 25.1 Å². The molecule has 0 saturated carbocycles. The van der Waals surface area contributed by atoms with Gasteiger partial charge in [-0.15, -0.1) is 0 Å². The lowest BCUT2D eigenvalue weighted by molar-refractivity contribution is 0.0528. The molecule has 0 radical (unpaired) electrons. The SMILES string of the molecule is Cn1cccc1[C@H]1CCCN1C(=O)NCCNC(=O)OC(C)(C)C. The number of hydrogen-bond donors (Lipinski definition) is 2. The predicted molar refractivity (Wildman–Crippen MR) is 91.7 cm³/mol. The summed E-state index contributed by atoms with van der Waals surface area (Å²) in [4.78, 5) is 25.8. The van der Waals surface area contributed by atoms with Crippen LogP contribution in [0.1, 0.15) is 45.3 Å². The minimum absolute atomic E-state index is 0.0929. The van der Waals surface area contributed by atoms with Gasteiger partial charge in [-0.2, -0.15) is 0 Å². The van der Waals surface area contributed by atoms with Crippen molar-refractivity contribution in [3.8, 4) is 0 Å². The first-order valence-electron chi connectivity index (χ1n) is 8.40. The molecule has 0 aliphatic carbocycles. The van der Waals surface area contributed by atoms with Crippen molar-refractivity contribution in [1.82, 2.24) is 20.1 Å². The van der Waals surface area contributed by atoms with Crippen molar-refractivity contribution in [2.45, 2.75) is 45.3 Å². The van der Waals surface area contributed by atoms with Gasteiger partial charge in [0.15, 0.2) is 0 Å². The number of hydrogen-bond acceptors (Lipinski definition) is 3.